The van der Waals surface area contributed by atoms with Gasteiger partial charge in [0.15, 0.2) is 5.82 Å². The van der Waals surface area contributed by atoms with Gasteiger partial charge in [-0.15, -0.1) is 0 Å². The van der Waals surface area contributed by atoms with Crippen molar-refractivity contribution in [1.82, 2.24) is 25.2 Å². The zero-order valence-electron chi connectivity index (χ0n) is 17.3. The van der Waals surface area contributed by atoms with Gasteiger partial charge in [0.1, 0.15) is 11.6 Å². The molecule has 1 aromatic carbocycles. The van der Waals surface area contributed by atoms with E-state index in [-0.39, 0.29) is 17.8 Å². The normalized spacial score (nSPS) is 16.1. The molecule has 1 unspecified atom stereocenters. The highest BCUT2D eigenvalue weighted by Gasteiger charge is 2.26. The Hall–Kier alpha value is -3.55. The number of urea groups is 1. The van der Waals surface area contributed by atoms with Crippen molar-refractivity contribution >= 4 is 6.03 Å². The zero-order chi connectivity index (χ0) is 21.6. The molecule has 0 saturated carbocycles. The summed E-state index contributed by atoms with van der Waals surface area (Å²) in [5.41, 5.74) is 1.54. The molecule has 1 aliphatic heterocycles. The van der Waals surface area contributed by atoms with Gasteiger partial charge in [-0.2, -0.15) is 4.98 Å². The van der Waals surface area contributed by atoms with Crippen molar-refractivity contribution in [2.45, 2.75) is 25.7 Å². The molecule has 0 bridgehead atoms. The maximum Gasteiger partial charge on any atom is 0.317 e. The largest absolute Gasteiger partial charge is 0.439 e. The van der Waals surface area contributed by atoms with Crippen molar-refractivity contribution in [3.05, 3.63) is 66.4 Å². The SMILES string of the molecule is CCNC(=O)N1CCCC(c2cc(Oc3cccc(F)c3)nc(-c3cccnc3)n2)C1. The van der Waals surface area contributed by atoms with E-state index < -0.39 is 0 Å². The third-order valence-corrected chi connectivity index (χ3v) is 5.12. The van der Waals surface area contributed by atoms with E-state index in [2.05, 4.69) is 15.3 Å². The van der Waals surface area contributed by atoms with Gasteiger partial charge in [0, 0.05) is 55.6 Å². The lowest BCUT2D eigenvalue weighted by Crippen LogP contribution is -2.45. The number of halogens is 1. The van der Waals surface area contributed by atoms with E-state index in [0.717, 1.165) is 30.6 Å². The summed E-state index contributed by atoms with van der Waals surface area (Å²) < 4.78 is 19.5. The first-order chi connectivity index (χ1) is 15.1. The summed E-state index contributed by atoms with van der Waals surface area (Å²) in [5.74, 6) is 0.819. The van der Waals surface area contributed by atoms with Crippen LogP contribution in [0.4, 0.5) is 9.18 Å². The first-order valence-corrected chi connectivity index (χ1v) is 10.4. The number of pyridine rings is 1. The predicted molar refractivity (Wildman–Crippen MR) is 114 cm³/mol. The molecule has 3 aromatic rings. The average molecular weight is 421 g/mol. The standard InChI is InChI=1S/C23H24FN5O2/c1-2-26-23(30)29-11-5-7-17(15-29)20-13-21(31-19-9-3-8-18(24)12-19)28-22(27-20)16-6-4-10-25-14-16/h3-4,6,8-10,12-14,17H,2,5,7,11,15H2,1H3,(H,26,30). The second-order valence-corrected chi connectivity index (χ2v) is 7.38. The molecule has 2 amide bonds. The third-order valence-electron chi connectivity index (χ3n) is 5.12. The summed E-state index contributed by atoms with van der Waals surface area (Å²) in [5, 5.41) is 2.86. The number of nitrogens with one attached hydrogen (secondary N) is 1. The van der Waals surface area contributed by atoms with Crippen molar-refractivity contribution < 1.29 is 13.9 Å². The maximum absolute atomic E-state index is 13.6. The molecule has 2 aromatic heterocycles. The molecule has 7 nitrogen and oxygen atoms in total. The second-order valence-electron chi connectivity index (χ2n) is 7.38. The van der Waals surface area contributed by atoms with E-state index in [1.165, 1.54) is 12.1 Å². The molecule has 31 heavy (non-hydrogen) atoms. The van der Waals surface area contributed by atoms with Gasteiger partial charge in [-0.05, 0) is 44.0 Å². The number of likely N-dealkylation sites (tertiary alicyclic amines) is 1. The number of nitrogens with zero attached hydrogens (tertiary/aromatic N) is 4. The topological polar surface area (TPSA) is 80.2 Å². The maximum atomic E-state index is 13.6. The minimum atomic E-state index is -0.385. The molecular formula is C23H24FN5O2. The molecule has 1 N–H and O–H groups in total. The highest BCUT2D eigenvalue weighted by Crippen LogP contribution is 2.31. The lowest BCUT2D eigenvalue weighted by Gasteiger charge is -2.32. The summed E-state index contributed by atoms with van der Waals surface area (Å²) >= 11 is 0. The molecule has 1 atom stereocenters. The van der Waals surface area contributed by atoms with Crippen LogP contribution in [0.1, 0.15) is 31.4 Å². The fraction of sp³-hybridized carbons (Fsp3) is 0.304. The van der Waals surface area contributed by atoms with Crippen LogP contribution in [-0.2, 0) is 0 Å². The first-order valence-electron chi connectivity index (χ1n) is 10.4. The lowest BCUT2D eigenvalue weighted by molar-refractivity contribution is 0.179. The van der Waals surface area contributed by atoms with Crippen LogP contribution in [0.5, 0.6) is 11.6 Å². The lowest BCUT2D eigenvalue weighted by atomic mass is 9.94. The van der Waals surface area contributed by atoms with E-state index in [9.17, 15) is 9.18 Å². The Morgan fingerprint density at radius 3 is 2.94 bits per heavy atom. The van der Waals surface area contributed by atoms with Gasteiger partial charge in [-0.25, -0.2) is 14.2 Å². The van der Waals surface area contributed by atoms with Crippen molar-refractivity contribution in [2.24, 2.45) is 0 Å². The van der Waals surface area contributed by atoms with Gasteiger partial charge in [-0.3, -0.25) is 4.98 Å². The number of ether oxygens (including phenoxy) is 1. The zero-order valence-corrected chi connectivity index (χ0v) is 17.3. The number of benzene rings is 1. The first kappa shape index (κ1) is 20.7. The summed E-state index contributed by atoms with van der Waals surface area (Å²) in [7, 11) is 0. The number of piperidine rings is 1. The molecule has 0 radical (unpaired) electrons. The van der Waals surface area contributed by atoms with E-state index in [4.69, 9.17) is 9.72 Å². The van der Waals surface area contributed by atoms with Gasteiger partial charge in [-0.1, -0.05) is 6.07 Å². The minimum absolute atomic E-state index is 0.0460. The van der Waals surface area contributed by atoms with Crippen LogP contribution < -0.4 is 10.1 Å². The van der Waals surface area contributed by atoms with Crippen LogP contribution in [0.15, 0.2) is 54.9 Å². The molecule has 4 rings (SSSR count). The van der Waals surface area contributed by atoms with Crippen LogP contribution in [0.2, 0.25) is 0 Å². The number of rotatable bonds is 5. The van der Waals surface area contributed by atoms with Gasteiger partial charge in [0.2, 0.25) is 5.88 Å². The molecular weight excluding hydrogens is 397 g/mol. The Bertz CT molecular complexity index is 1050. The monoisotopic (exact) mass is 421 g/mol. The number of aromatic nitrogens is 3. The van der Waals surface area contributed by atoms with Crippen molar-refractivity contribution in [2.75, 3.05) is 19.6 Å². The van der Waals surface area contributed by atoms with Gasteiger partial charge in [0.05, 0.1) is 5.69 Å². The van der Waals surface area contributed by atoms with Crippen molar-refractivity contribution in [3.8, 4) is 23.0 Å². The highest BCUT2D eigenvalue weighted by molar-refractivity contribution is 5.74. The summed E-state index contributed by atoms with van der Waals surface area (Å²) in [4.78, 5) is 27.6. The van der Waals surface area contributed by atoms with E-state index >= 15 is 0 Å². The molecule has 1 saturated heterocycles. The molecule has 160 valence electrons. The number of hydrogen-bond acceptors (Lipinski definition) is 5. The van der Waals surface area contributed by atoms with Crippen LogP contribution >= 0.6 is 0 Å². The van der Waals surface area contributed by atoms with Crippen LogP contribution in [0.3, 0.4) is 0 Å². The predicted octanol–water partition coefficient (Wildman–Crippen LogP) is 4.38. The van der Waals surface area contributed by atoms with E-state index in [1.54, 1.807) is 30.6 Å². The smallest absolute Gasteiger partial charge is 0.317 e. The summed E-state index contributed by atoms with van der Waals surface area (Å²) in [6, 6.07) is 11.3. The van der Waals surface area contributed by atoms with Crippen molar-refractivity contribution in [1.29, 1.82) is 0 Å². The molecule has 8 heteroatoms. The number of hydrogen-bond donors (Lipinski definition) is 1. The number of carbonyl (C=O) groups excluding carboxylic acids is 1. The minimum Gasteiger partial charge on any atom is -0.439 e. The molecule has 1 fully saturated rings. The Morgan fingerprint density at radius 2 is 2.16 bits per heavy atom. The molecule has 0 aliphatic carbocycles. The van der Waals surface area contributed by atoms with E-state index in [0.29, 0.717) is 30.5 Å². The number of carbonyl (C=O) groups is 1. The summed E-state index contributed by atoms with van der Waals surface area (Å²) in [6.07, 6.45) is 5.16. The molecule has 0 spiro atoms. The van der Waals surface area contributed by atoms with Crippen LogP contribution in [0.25, 0.3) is 11.4 Å². The van der Waals surface area contributed by atoms with Gasteiger partial charge >= 0.3 is 6.03 Å². The average Bonchev–Trinajstić information content (AvgIpc) is 2.80. The Kier molecular flexibility index (Phi) is 6.35. The van der Waals surface area contributed by atoms with E-state index in [1.807, 2.05) is 24.0 Å². The fourth-order valence-corrected chi connectivity index (χ4v) is 3.65. The van der Waals surface area contributed by atoms with Crippen molar-refractivity contribution in [3.63, 3.8) is 0 Å². The highest BCUT2D eigenvalue weighted by atomic mass is 19.1. The van der Waals surface area contributed by atoms with Crippen LogP contribution in [-0.4, -0.2) is 45.5 Å². The molecule has 3 heterocycles. The Balaban J connectivity index is 1.67. The third kappa shape index (κ3) is 5.14. The Labute approximate surface area is 180 Å². The van der Waals surface area contributed by atoms with Gasteiger partial charge < -0.3 is 15.0 Å². The number of amides is 2. The van der Waals surface area contributed by atoms with Crippen LogP contribution in [0, 0.1) is 5.82 Å². The quantitative estimate of drug-likeness (QED) is 0.661. The summed E-state index contributed by atoms with van der Waals surface area (Å²) in [6.45, 7) is 3.77. The second kappa shape index (κ2) is 9.51. The Morgan fingerprint density at radius 1 is 1.26 bits per heavy atom. The fourth-order valence-electron chi connectivity index (χ4n) is 3.65. The van der Waals surface area contributed by atoms with Gasteiger partial charge in [0.25, 0.3) is 0 Å². The molecule has 1 aliphatic rings.